The number of halogens is 1. The van der Waals surface area contributed by atoms with Gasteiger partial charge in [0, 0.05) is 12.6 Å². The van der Waals surface area contributed by atoms with Crippen molar-refractivity contribution in [2.75, 3.05) is 39.5 Å². The maximum absolute atomic E-state index is 14.3. The number of rotatable bonds is 7. The third kappa shape index (κ3) is 5.68. The molecule has 2 fully saturated rings. The van der Waals surface area contributed by atoms with E-state index in [1.54, 1.807) is 17.0 Å². The lowest BCUT2D eigenvalue weighted by Crippen LogP contribution is -2.45. The Bertz CT molecular complexity index is 584. The van der Waals surface area contributed by atoms with Crippen molar-refractivity contribution in [2.45, 2.75) is 38.5 Å². The van der Waals surface area contributed by atoms with Crippen molar-refractivity contribution in [1.82, 2.24) is 15.5 Å². The highest BCUT2D eigenvalue weighted by Gasteiger charge is 2.18. The van der Waals surface area contributed by atoms with Crippen LogP contribution in [-0.4, -0.2) is 50.3 Å². The van der Waals surface area contributed by atoms with Gasteiger partial charge in [-0.2, -0.15) is 0 Å². The Morgan fingerprint density at radius 3 is 2.81 bits per heavy atom. The summed E-state index contributed by atoms with van der Waals surface area (Å²) in [6.45, 7) is 5.07. The van der Waals surface area contributed by atoms with E-state index in [2.05, 4.69) is 10.6 Å². The number of carbonyl (C=O) groups excluding carboxylic acids is 1. The van der Waals surface area contributed by atoms with E-state index in [1.165, 1.54) is 25.3 Å². The standard InChI is InChI=1S/C20H30FN3O2/c21-19-14-18(26-12-1-3-16-6-9-22-10-7-16)5-4-17(19)13-20(25)24-11-2-8-23-15-24/h4-5,14,16,22-23H,1-3,6-13,15H2. The van der Waals surface area contributed by atoms with Crippen molar-refractivity contribution in [1.29, 1.82) is 0 Å². The predicted octanol–water partition coefficient (Wildman–Crippen LogP) is 2.31. The molecule has 1 aromatic carbocycles. The lowest BCUT2D eigenvalue weighted by Gasteiger charge is -2.27. The number of nitrogens with one attached hydrogen (secondary N) is 2. The molecule has 3 rings (SSSR count). The lowest BCUT2D eigenvalue weighted by atomic mass is 9.93. The molecule has 0 atom stereocenters. The first-order valence-electron chi connectivity index (χ1n) is 9.83. The summed E-state index contributed by atoms with van der Waals surface area (Å²) in [5.74, 6) is 0.934. The fourth-order valence-electron chi connectivity index (χ4n) is 3.67. The minimum absolute atomic E-state index is 0.0354. The SMILES string of the molecule is O=C(Cc1ccc(OCCCC2CCNCC2)cc1F)N1CCCNC1. The van der Waals surface area contributed by atoms with E-state index in [-0.39, 0.29) is 18.1 Å². The molecule has 2 saturated heterocycles. The summed E-state index contributed by atoms with van der Waals surface area (Å²) in [6.07, 6.45) is 5.69. The van der Waals surface area contributed by atoms with Crippen LogP contribution in [0, 0.1) is 11.7 Å². The molecule has 0 spiro atoms. The first-order valence-corrected chi connectivity index (χ1v) is 9.83. The highest BCUT2D eigenvalue weighted by molar-refractivity contribution is 5.78. The van der Waals surface area contributed by atoms with Crippen LogP contribution in [0.2, 0.25) is 0 Å². The predicted molar refractivity (Wildman–Crippen MR) is 99.6 cm³/mol. The first kappa shape index (κ1) is 19.1. The van der Waals surface area contributed by atoms with Crippen LogP contribution in [0.1, 0.15) is 37.7 Å². The number of hydrogen-bond acceptors (Lipinski definition) is 4. The molecule has 2 N–H and O–H groups in total. The number of benzene rings is 1. The van der Waals surface area contributed by atoms with Gasteiger partial charge in [0.1, 0.15) is 11.6 Å². The van der Waals surface area contributed by atoms with Crippen molar-refractivity contribution in [3.8, 4) is 5.75 Å². The fourth-order valence-corrected chi connectivity index (χ4v) is 3.67. The van der Waals surface area contributed by atoms with Crippen LogP contribution in [0.3, 0.4) is 0 Å². The summed E-state index contributed by atoms with van der Waals surface area (Å²) < 4.78 is 20.0. The minimum Gasteiger partial charge on any atom is -0.493 e. The van der Waals surface area contributed by atoms with Crippen LogP contribution in [0.4, 0.5) is 4.39 Å². The molecule has 0 unspecified atom stereocenters. The summed E-state index contributed by atoms with van der Waals surface area (Å²) >= 11 is 0. The molecule has 2 heterocycles. The van der Waals surface area contributed by atoms with E-state index < -0.39 is 0 Å². The van der Waals surface area contributed by atoms with Crippen molar-refractivity contribution < 1.29 is 13.9 Å². The third-order valence-corrected chi connectivity index (χ3v) is 5.29. The Labute approximate surface area is 155 Å². The molecule has 0 saturated carbocycles. The second-order valence-corrected chi connectivity index (χ2v) is 7.28. The molecule has 2 aliphatic rings. The molecule has 0 bridgehead atoms. The van der Waals surface area contributed by atoms with Crippen LogP contribution in [0.15, 0.2) is 18.2 Å². The zero-order valence-electron chi connectivity index (χ0n) is 15.4. The summed E-state index contributed by atoms with van der Waals surface area (Å²) in [5.41, 5.74) is 0.433. The van der Waals surface area contributed by atoms with E-state index in [1.807, 2.05) is 0 Å². The molecule has 0 aliphatic carbocycles. The third-order valence-electron chi connectivity index (χ3n) is 5.29. The van der Waals surface area contributed by atoms with Gasteiger partial charge in [-0.25, -0.2) is 4.39 Å². The number of ether oxygens (including phenoxy) is 1. The summed E-state index contributed by atoms with van der Waals surface area (Å²) in [7, 11) is 0. The van der Waals surface area contributed by atoms with Crippen molar-refractivity contribution >= 4 is 5.91 Å². The zero-order valence-corrected chi connectivity index (χ0v) is 15.4. The number of nitrogens with zero attached hydrogens (tertiary/aromatic N) is 1. The molecule has 1 aromatic rings. The second kappa shape index (κ2) is 9.88. The Kier molecular flexibility index (Phi) is 7.26. The van der Waals surface area contributed by atoms with Gasteiger partial charge >= 0.3 is 0 Å². The van der Waals surface area contributed by atoms with Gasteiger partial charge < -0.3 is 15.0 Å². The largest absolute Gasteiger partial charge is 0.493 e. The molecule has 2 aliphatic heterocycles. The number of hydrogen-bond donors (Lipinski definition) is 2. The van der Waals surface area contributed by atoms with Crippen LogP contribution >= 0.6 is 0 Å². The zero-order chi connectivity index (χ0) is 18.2. The monoisotopic (exact) mass is 363 g/mol. The molecule has 0 radical (unpaired) electrons. The van der Waals surface area contributed by atoms with Gasteiger partial charge in [0.25, 0.3) is 0 Å². The summed E-state index contributed by atoms with van der Waals surface area (Å²) in [4.78, 5) is 14.0. The average Bonchev–Trinajstić information content (AvgIpc) is 2.68. The van der Waals surface area contributed by atoms with Crippen molar-refractivity contribution in [2.24, 2.45) is 5.92 Å². The second-order valence-electron chi connectivity index (χ2n) is 7.28. The van der Waals surface area contributed by atoms with Gasteiger partial charge in [0.05, 0.1) is 19.7 Å². The maximum Gasteiger partial charge on any atom is 0.228 e. The van der Waals surface area contributed by atoms with Crippen LogP contribution in [0.25, 0.3) is 0 Å². The van der Waals surface area contributed by atoms with E-state index in [0.29, 0.717) is 24.6 Å². The Hall–Kier alpha value is -1.66. The van der Waals surface area contributed by atoms with Gasteiger partial charge in [0.15, 0.2) is 0 Å². The van der Waals surface area contributed by atoms with Crippen LogP contribution < -0.4 is 15.4 Å². The smallest absolute Gasteiger partial charge is 0.228 e. The van der Waals surface area contributed by atoms with Gasteiger partial charge in [-0.1, -0.05) is 6.07 Å². The molecule has 6 heteroatoms. The fraction of sp³-hybridized carbons (Fsp3) is 0.650. The van der Waals surface area contributed by atoms with Crippen LogP contribution in [0.5, 0.6) is 5.75 Å². The van der Waals surface area contributed by atoms with Gasteiger partial charge in [-0.15, -0.1) is 0 Å². The summed E-state index contributed by atoms with van der Waals surface area (Å²) in [6, 6.07) is 4.85. The van der Waals surface area contributed by atoms with E-state index in [4.69, 9.17) is 4.74 Å². The van der Waals surface area contributed by atoms with E-state index in [9.17, 15) is 9.18 Å². The van der Waals surface area contributed by atoms with E-state index >= 15 is 0 Å². The number of piperidine rings is 1. The number of amides is 1. The first-order chi connectivity index (χ1) is 12.7. The average molecular weight is 363 g/mol. The molecule has 5 nitrogen and oxygen atoms in total. The maximum atomic E-state index is 14.3. The summed E-state index contributed by atoms with van der Waals surface area (Å²) in [5, 5.41) is 6.54. The minimum atomic E-state index is -0.362. The number of carbonyl (C=O) groups is 1. The molecule has 144 valence electrons. The van der Waals surface area contributed by atoms with Gasteiger partial charge in [-0.05, 0) is 69.3 Å². The Morgan fingerprint density at radius 1 is 1.23 bits per heavy atom. The highest BCUT2D eigenvalue weighted by Crippen LogP contribution is 2.20. The topological polar surface area (TPSA) is 53.6 Å². The molecular weight excluding hydrogens is 333 g/mol. The van der Waals surface area contributed by atoms with Crippen LogP contribution in [-0.2, 0) is 11.2 Å². The molecule has 0 aromatic heterocycles. The molecule has 26 heavy (non-hydrogen) atoms. The van der Waals surface area contributed by atoms with Gasteiger partial charge in [0.2, 0.25) is 5.91 Å². The lowest BCUT2D eigenvalue weighted by molar-refractivity contribution is -0.131. The Morgan fingerprint density at radius 2 is 2.08 bits per heavy atom. The normalized spacial score (nSPS) is 18.7. The van der Waals surface area contributed by atoms with Crippen molar-refractivity contribution in [3.63, 3.8) is 0 Å². The van der Waals surface area contributed by atoms with Gasteiger partial charge in [-0.3, -0.25) is 10.1 Å². The molecule has 1 amide bonds. The Balaban J connectivity index is 1.42. The molecular formula is C20H30FN3O2. The quantitative estimate of drug-likeness (QED) is 0.730. The highest BCUT2D eigenvalue weighted by atomic mass is 19.1. The van der Waals surface area contributed by atoms with Crippen molar-refractivity contribution in [3.05, 3.63) is 29.6 Å². The van der Waals surface area contributed by atoms with E-state index in [0.717, 1.165) is 44.9 Å².